The Morgan fingerprint density at radius 2 is 1.28 bits per heavy atom. The number of halogens is 2. The quantitative estimate of drug-likeness (QED) is 0.137. The van der Waals surface area contributed by atoms with Gasteiger partial charge in [0.05, 0.1) is 46.8 Å². The molecule has 0 aliphatic heterocycles. The van der Waals surface area contributed by atoms with Crippen LogP contribution in [0.1, 0.15) is 83.8 Å². The average molecular weight is 582 g/mol. The molecule has 0 unspecified atom stereocenters. The molecule has 204 valence electrons. The normalized spacial score (nSPS) is 11.8. The van der Waals surface area contributed by atoms with Crippen molar-refractivity contribution in [3.05, 3.63) is 69.2 Å². The van der Waals surface area contributed by atoms with Crippen molar-refractivity contribution in [1.82, 2.24) is 0 Å². The van der Waals surface area contributed by atoms with E-state index in [-0.39, 0.29) is 0 Å². The highest BCUT2D eigenvalue weighted by molar-refractivity contribution is 9.10. The summed E-state index contributed by atoms with van der Waals surface area (Å²) in [6.07, 6.45) is 10.8. The Morgan fingerprint density at radius 1 is 0.694 bits per heavy atom. The number of nitrogens with zero attached hydrogens (tertiary/aromatic N) is 2. The minimum atomic E-state index is 0.837. The first-order valence-electron chi connectivity index (χ1n) is 14.4. The largest absolute Gasteiger partial charge is 0.325 e. The van der Waals surface area contributed by atoms with Gasteiger partial charge in [0.15, 0.2) is 0 Å². The number of rotatable bonds is 16. The Kier molecular flexibility index (Phi) is 16.9. The third-order valence-corrected chi connectivity index (χ3v) is 8.78. The molecule has 0 bridgehead atoms. The van der Waals surface area contributed by atoms with Crippen LogP contribution in [-0.4, -0.2) is 55.8 Å². The number of aryl methyl sites for hydroxylation is 1. The molecule has 0 aromatic heterocycles. The first kappa shape index (κ1) is 33.2. The van der Waals surface area contributed by atoms with Crippen LogP contribution in [0, 0.1) is 0 Å². The fraction of sp³-hybridized carbons (Fsp3) is 0.625. The van der Waals surface area contributed by atoms with Crippen LogP contribution < -0.4 is 0 Å². The summed E-state index contributed by atoms with van der Waals surface area (Å²) in [5, 5.41) is 0.837. The Morgan fingerprint density at radius 3 is 1.83 bits per heavy atom. The Balaban J connectivity index is 0.000000420. The van der Waals surface area contributed by atoms with E-state index in [2.05, 4.69) is 94.1 Å². The molecule has 0 radical (unpaired) electrons. The van der Waals surface area contributed by atoms with Gasteiger partial charge in [-0.1, -0.05) is 84.0 Å². The van der Waals surface area contributed by atoms with Crippen LogP contribution in [0.25, 0.3) is 0 Å². The van der Waals surface area contributed by atoms with Crippen molar-refractivity contribution in [2.45, 2.75) is 85.6 Å². The predicted molar refractivity (Wildman–Crippen MR) is 165 cm³/mol. The van der Waals surface area contributed by atoms with E-state index in [4.69, 9.17) is 11.6 Å². The highest BCUT2D eigenvalue weighted by Crippen LogP contribution is 2.19. The minimum absolute atomic E-state index is 0.837. The van der Waals surface area contributed by atoms with E-state index >= 15 is 0 Å². The van der Waals surface area contributed by atoms with Crippen LogP contribution in [0.2, 0.25) is 5.02 Å². The molecule has 0 spiro atoms. The van der Waals surface area contributed by atoms with Crippen LogP contribution in [-0.2, 0) is 13.0 Å². The second-order valence-electron chi connectivity index (χ2n) is 10.9. The second-order valence-corrected chi connectivity index (χ2v) is 12.2. The Labute approximate surface area is 237 Å². The summed E-state index contributed by atoms with van der Waals surface area (Å²) in [6, 6.07) is 16.8. The fourth-order valence-electron chi connectivity index (χ4n) is 4.65. The average Bonchev–Trinajstić information content (AvgIpc) is 2.88. The smallest absolute Gasteiger partial charge is 0.105 e. The van der Waals surface area contributed by atoms with Crippen LogP contribution in [0.4, 0.5) is 0 Å². The first-order valence-corrected chi connectivity index (χ1v) is 15.5. The monoisotopic (exact) mass is 580 g/mol. The van der Waals surface area contributed by atoms with Gasteiger partial charge in [-0.05, 0) is 76.6 Å². The maximum Gasteiger partial charge on any atom is 0.105 e. The summed E-state index contributed by atoms with van der Waals surface area (Å²) in [6.45, 7) is 16.8. The number of benzene rings is 2. The molecule has 0 amide bonds. The second kappa shape index (κ2) is 18.4. The zero-order chi connectivity index (χ0) is 26.9. The molecule has 2 rings (SSSR count). The molecule has 0 saturated carbocycles. The highest BCUT2D eigenvalue weighted by atomic mass is 79.9. The van der Waals surface area contributed by atoms with Crippen molar-refractivity contribution >= 4 is 27.5 Å². The molecular formula is C32H54BrClN2+2. The van der Waals surface area contributed by atoms with E-state index in [0.717, 1.165) is 22.6 Å². The summed E-state index contributed by atoms with van der Waals surface area (Å²) in [7, 11) is 4.50. The number of unbranched alkanes of at least 4 members (excludes halogenated alkanes) is 5. The molecule has 0 atom stereocenters. The van der Waals surface area contributed by atoms with Crippen LogP contribution in [0.3, 0.4) is 0 Å². The van der Waals surface area contributed by atoms with Gasteiger partial charge in [0.1, 0.15) is 6.54 Å². The van der Waals surface area contributed by atoms with E-state index in [1.165, 1.54) is 97.6 Å². The summed E-state index contributed by atoms with van der Waals surface area (Å²) >= 11 is 9.52. The molecule has 0 saturated heterocycles. The number of quaternary nitrogens is 2. The van der Waals surface area contributed by atoms with Gasteiger partial charge in [0.2, 0.25) is 0 Å². The molecule has 2 aromatic carbocycles. The third-order valence-electron chi connectivity index (χ3n) is 7.75. The van der Waals surface area contributed by atoms with Crippen molar-refractivity contribution < 1.29 is 8.97 Å². The lowest BCUT2D eigenvalue weighted by Crippen LogP contribution is -2.49. The lowest BCUT2D eigenvalue weighted by Gasteiger charge is -2.37. The number of hydrogen-bond donors (Lipinski definition) is 0. The predicted octanol–water partition coefficient (Wildman–Crippen LogP) is 9.54. The minimum Gasteiger partial charge on any atom is -0.325 e. The Hall–Kier alpha value is -0.870. The van der Waals surface area contributed by atoms with E-state index in [0.29, 0.717) is 0 Å². The molecule has 0 aliphatic carbocycles. The molecule has 0 aliphatic rings. The Bertz CT molecular complexity index is 815. The molecule has 2 aromatic rings. The lowest BCUT2D eigenvalue weighted by atomic mass is 10.1. The van der Waals surface area contributed by atoms with Crippen LogP contribution >= 0.6 is 27.5 Å². The van der Waals surface area contributed by atoms with Gasteiger partial charge in [0, 0.05) is 15.1 Å². The van der Waals surface area contributed by atoms with Crippen molar-refractivity contribution in [2.24, 2.45) is 0 Å². The van der Waals surface area contributed by atoms with E-state index < -0.39 is 0 Å². The molecule has 2 nitrogen and oxygen atoms in total. The highest BCUT2D eigenvalue weighted by Gasteiger charge is 2.21. The van der Waals surface area contributed by atoms with Gasteiger partial charge in [-0.25, -0.2) is 0 Å². The van der Waals surface area contributed by atoms with Crippen molar-refractivity contribution in [3.8, 4) is 0 Å². The van der Waals surface area contributed by atoms with Gasteiger partial charge in [-0.3, -0.25) is 0 Å². The van der Waals surface area contributed by atoms with E-state index in [9.17, 15) is 0 Å². The molecule has 36 heavy (non-hydrogen) atoms. The fourth-order valence-corrected chi connectivity index (χ4v) is 5.18. The number of hydrogen-bond acceptors (Lipinski definition) is 0. The van der Waals surface area contributed by atoms with E-state index in [1.807, 2.05) is 12.1 Å². The lowest BCUT2D eigenvalue weighted by molar-refractivity contribution is -0.925. The molecular weight excluding hydrogens is 528 g/mol. The molecule has 0 fully saturated rings. The third kappa shape index (κ3) is 13.6. The summed E-state index contributed by atoms with van der Waals surface area (Å²) in [4.78, 5) is 0. The summed E-state index contributed by atoms with van der Waals surface area (Å²) < 4.78 is 3.56. The standard InChI is InChI=1S/C21H37ClN.C11H17BrN/c1-4-7-8-9-11-18-23(5-2,6-3)19-12-10-13-20-14-16-21(22)17-15-20;1-4-13(2,3)9-10-7-5-6-8-11(10)12/h14-17H,4-13,18-19H2,1-3H3;5-8H,4,9H2,1-3H3/q2*+1. The van der Waals surface area contributed by atoms with Crippen LogP contribution in [0.5, 0.6) is 0 Å². The van der Waals surface area contributed by atoms with Gasteiger partial charge in [0.25, 0.3) is 0 Å². The van der Waals surface area contributed by atoms with Crippen molar-refractivity contribution in [1.29, 1.82) is 0 Å². The van der Waals surface area contributed by atoms with Crippen LogP contribution in [0.15, 0.2) is 53.0 Å². The van der Waals surface area contributed by atoms with Gasteiger partial charge >= 0.3 is 0 Å². The van der Waals surface area contributed by atoms with Gasteiger partial charge in [-0.15, -0.1) is 0 Å². The molecule has 0 N–H and O–H groups in total. The maximum absolute atomic E-state index is 5.95. The van der Waals surface area contributed by atoms with Gasteiger partial charge in [-0.2, -0.15) is 0 Å². The zero-order valence-electron chi connectivity index (χ0n) is 24.2. The SMILES string of the molecule is CCCCCCC[N+](CC)(CC)CCCCc1ccc(Cl)cc1.CC[N+](C)(C)Cc1ccccc1Br. The molecule has 0 heterocycles. The summed E-state index contributed by atoms with van der Waals surface area (Å²) in [5.41, 5.74) is 2.80. The summed E-state index contributed by atoms with van der Waals surface area (Å²) in [5.74, 6) is 0. The van der Waals surface area contributed by atoms with Crippen molar-refractivity contribution in [3.63, 3.8) is 0 Å². The zero-order valence-corrected chi connectivity index (χ0v) is 26.5. The maximum atomic E-state index is 5.95. The van der Waals surface area contributed by atoms with Crippen molar-refractivity contribution in [2.75, 3.05) is 46.8 Å². The molecule has 4 heteroatoms. The van der Waals surface area contributed by atoms with Gasteiger partial charge < -0.3 is 8.97 Å². The topological polar surface area (TPSA) is 0 Å². The van der Waals surface area contributed by atoms with E-state index in [1.54, 1.807) is 0 Å². The first-order chi connectivity index (χ1) is 17.2.